The fraction of sp³-hybridized carbons (Fsp3) is 0.222. The van der Waals surface area contributed by atoms with Crippen LogP contribution in [-0.4, -0.2) is 36.0 Å². The highest BCUT2D eigenvalue weighted by molar-refractivity contribution is 5.99. The molecule has 0 aromatic heterocycles. The van der Waals surface area contributed by atoms with Crippen molar-refractivity contribution >= 4 is 23.3 Å². The standard InChI is InChI=1S/C18H18N4O3/c19-12-6-7-15-13(8-12)22-14(9-21(18(22)24)10-16(20)23)17(25-15)11-4-2-1-3-5-11/h1-8,14,17H,9-10,19H2,(H2,20,23). The second-order valence-electron chi connectivity index (χ2n) is 6.24. The first-order valence-electron chi connectivity index (χ1n) is 8.02. The zero-order chi connectivity index (χ0) is 17.6. The SMILES string of the molecule is NC(=O)CN1CC2C(c3ccccc3)Oc3ccc(N)cc3N2C1=O. The molecule has 1 saturated heterocycles. The largest absolute Gasteiger partial charge is 0.481 e. The molecule has 2 heterocycles. The van der Waals surface area contributed by atoms with Crippen LogP contribution < -0.4 is 21.1 Å². The average molecular weight is 338 g/mol. The van der Waals surface area contributed by atoms with Gasteiger partial charge in [0, 0.05) is 12.2 Å². The molecule has 2 unspecified atom stereocenters. The number of primary amides is 1. The highest BCUT2D eigenvalue weighted by Gasteiger charge is 2.48. The zero-order valence-corrected chi connectivity index (χ0v) is 13.5. The Labute approximate surface area is 144 Å². The summed E-state index contributed by atoms with van der Waals surface area (Å²) in [6.07, 6.45) is -0.334. The maximum absolute atomic E-state index is 12.9. The summed E-state index contributed by atoms with van der Waals surface area (Å²) in [5.74, 6) is 0.0479. The Morgan fingerprint density at radius 3 is 2.68 bits per heavy atom. The molecule has 0 radical (unpaired) electrons. The quantitative estimate of drug-likeness (QED) is 0.828. The van der Waals surface area contributed by atoms with Crippen LogP contribution in [0, 0.1) is 0 Å². The predicted octanol–water partition coefficient (Wildman–Crippen LogP) is 1.50. The molecule has 2 aromatic carbocycles. The van der Waals surface area contributed by atoms with Crippen LogP contribution in [0.25, 0.3) is 0 Å². The van der Waals surface area contributed by atoms with Gasteiger partial charge in [0.1, 0.15) is 18.4 Å². The van der Waals surface area contributed by atoms with E-state index in [9.17, 15) is 9.59 Å². The molecule has 1 fully saturated rings. The molecule has 2 aromatic rings. The summed E-state index contributed by atoms with van der Waals surface area (Å²) in [6, 6.07) is 14.4. The smallest absolute Gasteiger partial charge is 0.325 e. The molecule has 4 rings (SSSR count). The minimum Gasteiger partial charge on any atom is -0.481 e. The molecule has 7 heteroatoms. The number of hydrogen-bond acceptors (Lipinski definition) is 4. The van der Waals surface area contributed by atoms with Crippen molar-refractivity contribution in [3.05, 3.63) is 54.1 Å². The van der Waals surface area contributed by atoms with Crippen molar-refractivity contribution in [2.24, 2.45) is 5.73 Å². The van der Waals surface area contributed by atoms with Gasteiger partial charge in [0.05, 0.1) is 11.7 Å². The van der Waals surface area contributed by atoms with E-state index in [4.69, 9.17) is 16.2 Å². The Bertz CT molecular complexity index is 839. The molecular formula is C18H18N4O3. The van der Waals surface area contributed by atoms with Gasteiger partial charge < -0.3 is 21.1 Å². The predicted molar refractivity (Wildman–Crippen MR) is 93.1 cm³/mol. The van der Waals surface area contributed by atoms with Gasteiger partial charge in [-0.05, 0) is 23.8 Å². The van der Waals surface area contributed by atoms with Crippen LogP contribution in [0.15, 0.2) is 48.5 Å². The summed E-state index contributed by atoms with van der Waals surface area (Å²) in [5, 5.41) is 0. The lowest BCUT2D eigenvalue weighted by atomic mass is 9.99. The van der Waals surface area contributed by atoms with Crippen molar-refractivity contribution in [3.8, 4) is 5.75 Å². The van der Waals surface area contributed by atoms with Crippen molar-refractivity contribution in [3.63, 3.8) is 0 Å². The number of nitrogen functional groups attached to an aromatic ring is 1. The summed E-state index contributed by atoms with van der Waals surface area (Å²) in [7, 11) is 0. The summed E-state index contributed by atoms with van der Waals surface area (Å²) in [6.45, 7) is 0.237. The molecule has 2 atom stereocenters. The maximum Gasteiger partial charge on any atom is 0.325 e. The minimum absolute atomic E-state index is 0.120. The Hall–Kier alpha value is -3.22. The maximum atomic E-state index is 12.9. The number of urea groups is 1. The Morgan fingerprint density at radius 2 is 1.96 bits per heavy atom. The van der Waals surface area contributed by atoms with Crippen LogP contribution in [0.2, 0.25) is 0 Å². The number of anilines is 2. The van der Waals surface area contributed by atoms with E-state index in [1.54, 1.807) is 23.1 Å². The van der Waals surface area contributed by atoms with E-state index in [-0.39, 0.29) is 24.7 Å². The van der Waals surface area contributed by atoms with Gasteiger partial charge in [-0.3, -0.25) is 9.69 Å². The highest BCUT2D eigenvalue weighted by Crippen LogP contribution is 2.45. The van der Waals surface area contributed by atoms with Gasteiger partial charge in [-0.2, -0.15) is 0 Å². The lowest BCUT2D eigenvalue weighted by Gasteiger charge is -2.37. The zero-order valence-electron chi connectivity index (χ0n) is 13.5. The number of hydrogen-bond donors (Lipinski definition) is 2. The molecule has 7 nitrogen and oxygen atoms in total. The lowest BCUT2D eigenvalue weighted by molar-refractivity contribution is -0.118. The first-order chi connectivity index (χ1) is 12.0. The van der Waals surface area contributed by atoms with E-state index >= 15 is 0 Å². The minimum atomic E-state index is -0.543. The summed E-state index contributed by atoms with van der Waals surface area (Å²) in [5.41, 5.74) is 13.3. The van der Waals surface area contributed by atoms with Crippen LogP contribution in [0.1, 0.15) is 11.7 Å². The number of nitrogens with zero attached hydrogens (tertiary/aromatic N) is 2. The van der Waals surface area contributed by atoms with Crippen LogP contribution in [0.3, 0.4) is 0 Å². The van der Waals surface area contributed by atoms with Crippen LogP contribution in [0.5, 0.6) is 5.75 Å². The van der Waals surface area contributed by atoms with Crippen molar-refractivity contribution in [2.45, 2.75) is 12.1 Å². The van der Waals surface area contributed by atoms with Gasteiger partial charge in [-0.1, -0.05) is 30.3 Å². The molecule has 4 N–H and O–H groups in total. The summed E-state index contributed by atoms with van der Waals surface area (Å²) < 4.78 is 6.20. The van der Waals surface area contributed by atoms with E-state index in [1.807, 2.05) is 30.3 Å². The Balaban J connectivity index is 1.79. The van der Waals surface area contributed by atoms with Crippen LogP contribution in [-0.2, 0) is 4.79 Å². The normalized spacial score (nSPS) is 21.5. The molecule has 2 aliphatic heterocycles. The van der Waals surface area contributed by atoms with Crippen molar-refractivity contribution in [1.29, 1.82) is 0 Å². The molecule has 25 heavy (non-hydrogen) atoms. The van der Waals surface area contributed by atoms with Gasteiger partial charge in [0.15, 0.2) is 0 Å². The fourth-order valence-corrected chi connectivity index (χ4v) is 3.48. The molecule has 0 saturated carbocycles. The summed E-state index contributed by atoms with van der Waals surface area (Å²) >= 11 is 0. The number of carbonyl (C=O) groups is 2. The Morgan fingerprint density at radius 1 is 1.20 bits per heavy atom. The third-order valence-corrected chi connectivity index (χ3v) is 4.54. The number of ether oxygens (including phenoxy) is 1. The van der Waals surface area contributed by atoms with E-state index in [2.05, 4.69) is 0 Å². The third kappa shape index (κ3) is 2.53. The molecule has 128 valence electrons. The number of carbonyl (C=O) groups excluding carboxylic acids is 2. The van der Waals surface area contributed by atoms with Gasteiger partial charge in [0.25, 0.3) is 0 Å². The number of fused-ring (bicyclic) bond motifs is 3. The highest BCUT2D eigenvalue weighted by atomic mass is 16.5. The number of nitrogens with two attached hydrogens (primary N) is 2. The molecule has 2 aliphatic rings. The lowest BCUT2D eigenvalue weighted by Crippen LogP contribution is -2.44. The second kappa shape index (κ2) is 5.70. The number of rotatable bonds is 3. The number of benzene rings is 2. The van der Waals surface area contributed by atoms with Gasteiger partial charge in [-0.15, -0.1) is 0 Å². The van der Waals surface area contributed by atoms with E-state index in [1.165, 1.54) is 4.90 Å². The molecule has 3 amide bonds. The van der Waals surface area contributed by atoms with Gasteiger partial charge in [-0.25, -0.2) is 4.79 Å². The van der Waals surface area contributed by atoms with Crippen LogP contribution >= 0.6 is 0 Å². The topological polar surface area (TPSA) is 102 Å². The first-order valence-corrected chi connectivity index (χ1v) is 8.02. The summed E-state index contributed by atoms with van der Waals surface area (Å²) in [4.78, 5) is 27.3. The molecule has 0 spiro atoms. The number of amides is 3. The van der Waals surface area contributed by atoms with Crippen molar-refractivity contribution < 1.29 is 14.3 Å². The first kappa shape index (κ1) is 15.3. The Kier molecular flexibility index (Phi) is 3.49. The fourth-order valence-electron chi connectivity index (χ4n) is 3.48. The van der Waals surface area contributed by atoms with E-state index in [0.29, 0.717) is 23.7 Å². The second-order valence-corrected chi connectivity index (χ2v) is 6.24. The van der Waals surface area contributed by atoms with Crippen molar-refractivity contribution in [2.75, 3.05) is 23.7 Å². The van der Waals surface area contributed by atoms with Crippen LogP contribution in [0.4, 0.5) is 16.2 Å². The molecular weight excluding hydrogens is 320 g/mol. The van der Waals surface area contributed by atoms with Gasteiger partial charge in [0.2, 0.25) is 5.91 Å². The monoisotopic (exact) mass is 338 g/mol. The van der Waals surface area contributed by atoms with Gasteiger partial charge >= 0.3 is 6.03 Å². The van der Waals surface area contributed by atoms with E-state index in [0.717, 1.165) is 5.56 Å². The molecule has 0 aliphatic carbocycles. The van der Waals surface area contributed by atoms with E-state index < -0.39 is 5.91 Å². The van der Waals surface area contributed by atoms with Crippen molar-refractivity contribution in [1.82, 2.24) is 4.90 Å². The third-order valence-electron chi connectivity index (χ3n) is 4.54. The average Bonchev–Trinajstić information content (AvgIpc) is 2.91. The molecule has 0 bridgehead atoms.